The van der Waals surface area contributed by atoms with Crippen molar-refractivity contribution in [2.24, 2.45) is 0 Å². The van der Waals surface area contributed by atoms with Gasteiger partial charge in [0.2, 0.25) is 5.75 Å². The number of aryl methyl sites for hydroxylation is 1. The maximum absolute atomic E-state index is 12.6. The molecule has 134 valence electrons. The third kappa shape index (κ3) is 4.15. The van der Waals surface area contributed by atoms with Gasteiger partial charge in [-0.1, -0.05) is 0 Å². The summed E-state index contributed by atoms with van der Waals surface area (Å²) in [6.07, 6.45) is 0. The van der Waals surface area contributed by atoms with Crippen molar-refractivity contribution in [2.75, 3.05) is 33.3 Å². The molecule has 0 aliphatic rings. The average Bonchev–Trinajstić information content (AvgIpc) is 2.62. The number of carbonyl (C=O) groups is 1. The van der Waals surface area contributed by atoms with Crippen LogP contribution in [-0.2, 0) is 0 Å². The Labute approximate surface area is 147 Å². The molecule has 0 aliphatic heterocycles. The van der Waals surface area contributed by atoms with Crippen LogP contribution in [0, 0.1) is 6.92 Å². The van der Waals surface area contributed by atoms with Gasteiger partial charge in [0.05, 0.1) is 27.9 Å². The van der Waals surface area contributed by atoms with Crippen molar-refractivity contribution in [1.82, 2.24) is 0 Å². The zero-order valence-corrected chi connectivity index (χ0v) is 15.1. The Morgan fingerprint density at radius 2 is 1.60 bits per heavy atom. The van der Waals surface area contributed by atoms with Gasteiger partial charge in [0.1, 0.15) is 5.75 Å². The molecular weight excluding hydrogens is 322 g/mol. The van der Waals surface area contributed by atoms with Gasteiger partial charge in [0.25, 0.3) is 5.91 Å². The van der Waals surface area contributed by atoms with Gasteiger partial charge >= 0.3 is 0 Å². The van der Waals surface area contributed by atoms with Gasteiger partial charge in [0.15, 0.2) is 11.5 Å². The summed E-state index contributed by atoms with van der Waals surface area (Å²) in [7, 11) is 4.53. The Kier molecular flexibility index (Phi) is 6.11. The van der Waals surface area contributed by atoms with Gasteiger partial charge in [0, 0.05) is 11.3 Å². The fourth-order valence-corrected chi connectivity index (χ4v) is 2.46. The van der Waals surface area contributed by atoms with Gasteiger partial charge in [-0.15, -0.1) is 0 Å². The summed E-state index contributed by atoms with van der Waals surface area (Å²) in [5, 5.41) is 2.86. The molecule has 0 saturated carbocycles. The zero-order chi connectivity index (χ0) is 18.4. The summed E-state index contributed by atoms with van der Waals surface area (Å²) in [5.41, 5.74) is 2.03. The second kappa shape index (κ2) is 8.28. The third-order valence-corrected chi connectivity index (χ3v) is 3.66. The van der Waals surface area contributed by atoms with Gasteiger partial charge in [-0.3, -0.25) is 4.79 Å². The Morgan fingerprint density at radius 3 is 2.08 bits per heavy atom. The Morgan fingerprint density at radius 1 is 0.960 bits per heavy atom. The minimum absolute atomic E-state index is 0.275. The number of nitrogens with one attached hydrogen (secondary N) is 1. The molecule has 25 heavy (non-hydrogen) atoms. The maximum Gasteiger partial charge on any atom is 0.255 e. The highest BCUT2D eigenvalue weighted by molar-refractivity contribution is 6.05. The SMILES string of the molecule is CCOc1ccc(NC(=O)c2cc(OC)c(OC)c(OC)c2)cc1C. The van der Waals surface area contributed by atoms with E-state index in [-0.39, 0.29) is 5.91 Å². The largest absolute Gasteiger partial charge is 0.494 e. The van der Waals surface area contributed by atoms with Crippen LogP contribution >= 0.6 is 0 Å². The molecule has 0 saturated heterocycles. The fourth-order valence-electron chi connectivity index (χ4n) is 2.46. The number of hydrogen-bond donors (Lipinski definition) is 1. The number of amides is 1. The molecule has 0 heterocycles. The lowest BCUT2D eigenvalue weighted by molar-refractivity contribution is 0.102. The van der Waals surface area contributed by atoms with E-state index in [1.54, 1.807) is 18.2 Å². The van der Waals surface area contributed by atoms with E-state index in [1.807, 2.05) is 26.0 Å². The molecule has 1 N–H and O–H groups in total. The van der Waals surface area contributed by atoms with Crippen molar-refractivity contribution in [3.63, 3.8) is 0 Å². The first-order valence-corrected chi connectivity index (χ1v) is 7.88. The third-order valence-electron chi connectivity index (χ3n) is 3.66. The van der Waals surface area contributed by atoms with E-state index in [1.165, 1.54) is 21.3 Å². The van der Waals surface area contributed by atoms with Crippen LogP contribution in [0.3, 0.4) is 0 Å². The first-order valence-electron chi connectivity index (χ1n) is 7.88. The topological polar surface area (TPSA) is 66.0 Å². The second-order valence-electron chi connectivity index (χ2n) is 5.28. The molecule has 0 aliphatic carbocycles. The van der Waals surface area contributed by atoms with Crippen molar-refractivity contribution in [1.29, 1.82) is 0 Å². The predicted molar refractivity (Wildman–Crippen MR) is 96.4 cm³/mol. The minimum Gasteiger partial charge on any atom is -0.494 e. The summed E-state index contributed by atoms with van der Waals surface area (Å²) in [6.45, 7) is 4.46. The van der Waals surface area contributed by atoms with Crippen molar-refractivity contribution < 1.29 is 23.7 Å². The monoisotopic (exact) mass is 345 g/mol. The highest BCUT2D eigenvalue weighted by Crippen LogP contribution is 2.38. The van der Waals surface area contributed by atoms with Crippen LogP contribution in [0.2, 0.25) is 0 Å². The number of benzene rings is 2. The molecule has 0 spiro atoms. The average molecular weight is 345 g/mol. The number of hydrogen-bond acceptors (Lipinski definition) is 5. The van der Waals surface area contributed by atoms with Crippen LogP contribution < -0.4 is 24.3 Å². The minimum atomic E-state index is -0.275. The van der Waals surface area contributed by atoms with Crippen LogP contribution in [0.25, 0.3) is 0 Å². The lowest BCUT2D eigenvalue weighted by atomic mass is 10.1. The fraction of sp³-hybridized carbons (Fsp3) is 0.316. The van der Waals surface area contributed by atoms with E-state index >= 15 is 0 Å². The molecule has 2 rings (SSSR count). The van der Waals surface area contributed by atoms with E-state index in [0.717, 1.165) is 11.3 Å². The maximum atomic E-state index is 12.6. The molecule has 0 bridgehead atoms. The molecule has 0 atom stereocenters. The van der Waals surface area contributed by atoms with Crippen LogP contribution in [0.15, 0.2) is 30.3 Å². The van der Waals surface area contributed by atoms with E-state index in [2.05, 4.69) is 5.32 Å². The van der Waals surface area contributed by atoms with E-state index in [0.29, 0.717) is 35.1 Å². The molecular formula is C19H23NO5. The number of rotatable bonds is 7. The van der Waals surface area contributed by atoms with Crippen molar-refractivity contribution in [3.05, 3.63) is 41.5 Å². The first-order chi connectivity index (χ1) is 12.0. The zero-order valence-electron chi connectivity index (χ0n) is 15.1. The van der Waals surface area contributed by atoms with Crippen molar-refractivity contribution >= 4 is 11.6 Å². The van der Waals surface area contributed by atoms with Gasteiger partial charge in [-0.2, -0.15) is 0 Å². The Bertz CT molecular complexity index is 732. The summed E-state index contributed by atoms with van der Waals surface area (Å²) in [4.78, 5) is 12.6. The van der Waals surface area contributed by atoms with E-state index < -0.39 is 0 Å². The summed E-state index contributed by atoms with van der Waals surface area (Å²) < 4.78 is 21.3. The lowest BCUT2D eigenvalue weighted by Crippen LogP contribution is -2.13. The molecule has 2 aromatic rings. The first kappa shape index (κ1) is 18.4. The Balaban J connectivity index is 2.27. The highest BCUT2D eigenvalue weighted by atomic mass is 16.5. The molecule has 0 unspecified atom stereocenters. The molecule has 0 radical (unpaired) electrons. The number of anilines is 1. The number of methoxy groups -OCH3 is 3. The van der Waals surface area contributed by atoms with Crippen LogP contribution in [0.1, 0.15) is 22.8 Å². The standard InChI is InChI=1S/C19H23NO5/c1-6-25-15-8-7-14(9-12(15)2)20-19(21)13-10-16(22-3)18(24-5)17(11-13)23-4/h7-11H,6H2,1-5H3,(H,20,21). The summed E-state index contributed by atoms with van der Waals surface area (Å²) >= 11 is 0. The molecule has 6 nitrogen and oxygen atoms in total. The normalized spacial score (nSPS) is 10.1. The van der Waals surface area contributed by atoms with Crippen LogP contribution in [0.4, 0.5) is 5.69 Å². The predicted octanol–water partition coefficient (Wildman–Crippen LogP) is 3.67. The van der Waals surface area contributed by atoms with Crippen molar-refractivity contribution in [2.45, 2.75) is 13.8 Å². The van der Waals surface area contributed by atoms with Crippen LogP contribution in [0.5, 0.6) is 23.0 Å². The lowest BCUT2D eigenvalue weighted by Gasteiger charge is -2.14. The molecule has 2 aromatic carbocycles. The summed E-state index contributed by atoms with van der Waals surface area (Å²) in [5.74, 6) is 1.82. The second-order valence-corrected chi connectivity index (χ2v) is 5.28. The van der Waals surface area contributed by atoms with Gasteiger partial charge in [-0.25, -0.2) is 0 Å². The van der Waals surface area contributed by atoms with Gasteiger partial charge in [-0.05, 0) is 49.7 Å². The van der Waals surface area contributed by atoms with Crippen molar-refractivity contribution in [3.8, 4) is 23.0 Å². The molecule has 0 aromatic heterocycles. The number of ether oxygens (including phenoxy) is 4. The van der Waals surface area contributed by atoms with E-state index in [4.69, 9.17) is 18.9 Å². The van der Waals surface area contributed by atoms with E-state index in [9.17, 15) is 4.79 Å². The van der Waals surface area contributed by atoms with Crippen LogP contribution in [-0.4, -0.2) is 33.8 Å². The quantitative estimate of drug-likeness (QED) is 0.829. The number of carbonyl (C=O) groups excluding carboxylic acids is 1. The smallest absolute Gasteiger partial charge is 0.255 e. The molecule has 0 fully saturated rings. The highest BCUT2D eigenvalue weighted by Gasteiger charge is 2.17. The molecule has 6 heteroatoms. The van der Waals surface area contributed by atoms with Gasteiger partial charge < -0.3 is 24.3 Å². The summed E-state index contributed by atoms with van der Waals surface area (Å²) in [6, 6.07) is 8.72. The Hall–Kier alpha value is -2.89. The molecule has 1 amide bonds.